The molecule has 1 aliphatic rings. The molecule has 2 rings (SSSR count). The van der Waals surface area contributed by atoms with E-state index in [1.54, 1.807) is 6.92 Å². The second kappa shape index (κ2) is 4.87. The Hall–Kier alpha value is -1.38. The zero-order chi connectivity index (χ0) is 15.1. The molecule has 1 aromatic rings. The van der Waals surface area contributed by atoms with E-state index in [0.29, 0.717) is 18.9 Å². The average Bonchev–Trinajstić information content (AvgIpc) is 2.60. The minimum Gasteiger partial charge on any atom is -0.477 e. The molecule has 1 fully saturated rings. The number of carboxylic acid groups (broad SMARTS) is 1. The van der Waals surface area contributed by atoms with Crippen molar-refractivity contribution in [2.75, 3.05) is 19.8 Å². The van der Waals surface area contributed by atoms with Gasteiger partial charge < -0.3 is 14.8 Å². The first kappa shape index (κ1) is 15.0. The number of sulfonamides is 1. The Balaban J connectivity index is 2.27. The second-order valence-electron chi connectivity index (χ2n) is 5.51. The zero-order valence-corrected chi connectivity index (χ0v) is 12.4. The van der Waals surface area contributed by atoms with Crippen molar-refractivity contribution in [2.24, 2.45) is 5.41 Å². The van der Waals surface area contributed by atoms with Gasteiger partial charge in [-0.2, -0.15) is 0 Å². The van der Waals surface area contributed by atoms with Crippen LogP contribution in [-0.2, 0) is 14.8 Å². The third kappa shape index (κ3) is 2.58. The minimum absolute atomic E-state index is 0.0127. The van der Waals surface area contributed by atoms with Crippen LogP contribution in [0, 0.1) is 19.3 Å². The zero-order valence-electron chi connectivity index (χ0n) is 11.6. The predicted octanol–water partition coefficient (Wildman–Crippen LogP) is 0.645. The van der Waals surface area contributed by atoms with Crippen LogP contribution in [0.1, 0.15) is 28.7 Å². The van der Waals surface area contributed by atoms with Crippen LogP contribution in [0.15, 0.2) is 4.90 Å². The number of carboxylic acids is 1. The Morgan fingerprint density at radius 1 is 1.45 bits per heavy atom. The Labute approximate surface area is 117 Å². The van der Waals surface area contributed by atoms with Crippen LogP contribution in [0.2, 0.25) is 0 Å². The summed E-state index contributed by atoms with van der Waals surface area (Å²) in [6, 6.07) is 0. The molecule has 0 unspecified atom stereocenters. The van der Waals surface area contributed by atoms with Gasteiger partial charge in [0.05, 0.1) is 13.2 Å². The van der Waals surface area contributed by atoms with Crippen LogP contribution < -0.4 is 4.72 Å². The molecule has 8 heteroatoms. The Morgan fingerprint density at radius 2 is 2.05 bits per heavy atom. The van der Waals surface area contributed by atoms with E-state index in [1.165, 1.54) is 6.92 Å². The second-order valence-corrected chi connectivity index (χ2v) is 7.22. The number of hydrogen-bond donors (Lipinski definition) is 3. The molecule has 3 N–H and O–H groups in total. The third-order valence-corrected chi connectivity index (χ3v) is 5.12. The lowest BCUT2D eigenvalue weighted by Crippen LogP contribution is -2.48. The smallest absolute Gasteiger partial charge is 0.352 e. The molecule has 0 bridgehead atoms. The summed E-state index contributed by atoms with van der Waals surface area (Å²) >= 11 is 0. The van der Waals surface area contributed by atoms with Gasteiger partial charge in [0, 0.05) is 23.2 Å². The van der Waals surface area contributed by atoms with Crippen LogP contribution in [0.5, 0.6) is 0 Å². The van der Waals surface area contributed by atoms with Gasteiger partial charge in [0.1, 0.15) is 10.6 Å². The summed E-state index contributed by atoms with van der Waals surface area (Å²) in [4.78, 5) is 13.6. The number of nitrogens with one attached hydrogen (secondary N) is 2. The Bertz CT molecular complexity index is 643. The van der Waals surface area contributed by atoms with Gasteiger partial charge in [-0.3, -0.25) is 0 Å². The molecule has 112 valence electrons. The number of aromatic carboxylic acids is 1. The highest BCUT2D eigenvalue weighted by atomic mass is 32.2. The van der Waals surface area contributed by atoms with Crippen LogP contribution in [0.4, 0.5) is 0 Å². The summed E-state index contributed by atoms with van der Waals surface area (Å²) in [5, 5.41) is 9.01. The van der Waals surface area contributed by atoms with Crippen LogP contribution in [0.25, 0.3) is 0 Å². The van der Waals surface area contributed by atoms with E-state index >= 15 is 0 Å². The third-order valence-electron chi connectivity index (χ3n) is 3.44. The number of H-pyrrole nitrogens is 1. The molecule has 2 heterocycles. The molecule has 0 atom stereocenters. The van der Waals surface area contributed by atoms with Crippen molar-refractivity contribution in [3.05, 3.63) is 17.0 Å². The fourth-order valence-electron chi connectivity index (χ4n) is 2.24. The van der Waals surface area contributed by atoms with Crippen LogP contribution in [0.3, 0.4) is 0 Å². The monoisotopic (exact) mass is 302 g/mol. The number of rotatable bonds is 5. The van der Waals surface area contributed by atoms with Gasteiger partial charge in [-0.05, 0) is 13.8 Å². The van der Waals surface area contributed by atoms with Crippen LogP contribution >= 0.6 is 0 Å². The maximum Gasteiger partial charge on any atom is 0.352 e. The van der Waals surface area contributed by atoms with E-state index in [9.17, 15) is 13.2 Å². The highest BCUT2D eigenvalue weighted by molar-refractivity contribution is 7.89. The summed E-state index contributed by atoms with van der Waals surface area (Å²) in [6.45, 7) is 6.25. The highest BCUT2D eigenvalue weighted by Crippen LogP contribution is 2.27. The lowest BCUT2D eigenvalue weighted by Gasteiger charge is -2.37. The van der Waals surface area contributed by atoms with Gasteiger partial charge in [-0.1, -0.05) is 6.92 Å². The lowest BCUT2D eigenvalue weighted by molar-refractivity contribution is -0.0965. The van der Waals surface area contributed by atoms with E-state index in [4.69, 9.17) is 9.84 Å². The van der Waals surface area contributed by atoms with Crippen molar-refractivity contribution in [3.8, 4) is 0 Å². The number of aryl methyl sites for hydroxylation is 1. The number of aromatic nitrogens is 1. The molecule has 0 amide bonds. The van der Waals surface area contributed by atoms with E-state index < -0.39 is 16.0 Å². The first-order valence-corrected chi connectivity index (χ1v) is 7.64. The van der Waals surface area contributed by atoms with Crippen molar-refractivity contribution in [3.63, 3.8) is 0 Å². The van der Waals surface area contributed by atoms with Gasteiger partial charge in [-0.25, -0.2) is 17.9 Å². The number of aromatic amines is 1. The van der Waals surface area contributed by atoms with Gasteiger partial charge in [-0.15, -0.1) is 0 Å². The number of carbonyl (C=O) groups is 1. The Morgan fingerprint density at radius 3 is 2.45 bits per heavy atom. The summed E-state index contributed by atoms with van der Waals surface area (Å²) in [7, 11) is -3.74. The molecule has 1 aromatic heterocycles. The molecule has 20 heavy (non-hydrogen) atoms. The molecule has 0 spiro atoms. The maximum atomic E-state index is 12.3. The molecule has 0 saturated carbocycles. The molecule has 1 saturated heterocycles. The van der Waals surface area contributed by atoms with Gasteiger partial charge in [0.2, 0.25) is 10.0 Å². The van der Waals surface area contributed by atoms with Crippen molar-refractivity contribution in [1.82, 2.24) is 9.71 Å². The topological polar surface area (TPSA) is 108 Å². The predicted molar refractivity (Wildman–Crippen MR) is 71.3 cm³/mol. The SMILES string of the molecule is Cc1[nH]c(C(=O)O)c(C)c1S(=O)(=O)NCC1(C)COC1. The molecule has 0 aliphatic carbocycles. The average molecular weight is 302 g/mol. The standard InChI is InChI=1S/C12H18N2O5S/c1-7-9(11(15)16)14-8(2)10(7)20(17,18)13-4-12(3)5-19-6-12/h13-14H,4-6H2,1-3H3,(H,15,16). The van der Waals surface area contributed by atoms with Gasteiger partial charge >= 0.3 is 5.97 Å². The fourth-order valence-corrected chi connectivity index (χ4v) is 3.89. The van der Waals surface area contributed by atoms with E-state index in [0.717, 1.165) is 0 Å². The summed E-state index contributed by atoms with van der Waals surface area (Å²) < 4.78 is 32.3. The molecule has 0 aromatic carbocycles. The van der Waals surface area contributed by atoms with E-state index in [1.807, 2.05) is 6.92 Å². The number of hydrogen-bond acceptors (Lipinski definition) is 4. The molecule has 7 nitrogen and oxygen atoms in total. The molecule has 1 aliphatic heterocycles. The largest absolute Gasteiger partial charge is 0.477 e. The van der Waals surface area contributed by atoms with E-state index in [2.05, 4.69) is 9.71 Å². The van der Waals surface area contributed by atoms with Crippen LogP contribution in [-0.4, -0.2) is 44.2 Å². The summed E-state index contributed by atoms with van der Waals surface area (Å²) in [5.41, 5.74) is 0.252. The first-order chi connectivity index (χ1) is 9.16. The molecule has 0 radical (unpaired) electrons. The molecular formula is C12H18N2O5S. The quantitative estimate of drug-likeness (QED) is 0.740. The molecular weight excluding hydrogens is 284 g/mol. The van der Waals surface area contributed by atoms with Crippen molar-refractivity contribution >= 4 is 16.0 Å². The fraction of sp³-hybridized carbons (Fsp3) is 0.583. The van der Waals surface area contributed by atoms with Crippen molar-refractivity contribution in [1.29, 1.82) is 0 Å². The number of ether oxygens (including phenoxy) is 1. The summed E-state index contributed by atoms with van der Waals surface area (Å²) in [6.07, 6.45) is 0. The first-order valence-electron chi connectivity index (χ1n) is 6.16. The maximum absolute atomic E-state index is 12.3. The highest BCUT2D eigenvalue weighted by Gasteiger charge is 2.35. The normalized spacial score (nSPS) is 17.8. The Kier molecular flexibility index (Phi) is 3.66. The minimum atomic E-state index is -3.74. The van der Waals surface area contributed by atoms with Crippen molar-refractivity contribution < 1.29 is 23.1 Å². The summed E-state index contributed by atoms with van der Waals surface area (Å²) in [5.74, 6) is -1.17. The lowest BCUT2D eigenvalue weighted by atomic mass is 9.89. The van der Waals surface area contributed by atoms with Gasteiger partial charge in [0.15, 0.2) is 0 Å². The van der Waals surface area contributed by atoms with Crippen molar-refractivity contribution in [2.45, 2.75) is 25.7 Å². The van der Waals surface area contributed by atoms with E-state index in [-0.39, 0.29) is 28.1 Å². The van der Waals surface area contributed by atoms with Gasteiger partial charge in [0.25, 0.3) is 0 Å².